The van der Waals surface area contributed by atoms with Crippen LogP contribution in [-0.4, -0.2) is 37.6 Å². The SMILES string of the molecule is COc1ccccc1C(CNC(=O)c1cccc(N)c1)N1CCCC1.Cl.Cl. The molecule has 2 aromatic rings. The maximum Gasteiger partial charge on any atom is 0.251 e. The fraction of sp³-hybridized carbons (Fsp3) is 0.350. The van der Waals surface area contributed by atoms with Gasteiger partial charge in [0.15, 0.2) is 0 Å². The Bertz CT molecular complexity index is 737. The number of methoxy groups -OCH3 is 1. The third-order valence-electron chi connectivity index (χ3n) is 4.68. The van der Waals surface area contributed by atoms with E-state index in [9.17, 15) is 4.79 Å². The van der Waals surface area contributed by atoms with Crippen molar-refractivity contribution in [1.82, 2.24) is 10.2 Å². The van der Waals surface area contributed by atoms with Gasteiger partial charge >= 0.3 is 0 Å². The van der Waals surface area contributed by atoms with Gasteiger partial charge in [0, 0.05) is 23.4 Å². The number of rotatable bonds is 6. The number of hydrogen-bond acceptors (Lipinski definition) is 4. The van der Waals surface area contributed by atoms with E-state index in [1.54, 1.807) is 31.4 Å². The Morgan fingerprint density at radius 1 is 1.15 bits per heavy atom. The molecule has 0 saturated carbocycles. The Kier molecular flexibility index (Phi) is 9.43. The number of benzene rings is 2. The summed E-state index contributed by atoms with van der Waals surface area (Å²) in [5.74, 6) is 0.754. The molecule has 0 aromatic heterocycles. The first-order chi connectivity index (χ1) is 12.2. The van der Waals surface area contributed by atoms with Crippen molar-refractivity contribution in [3.63, 3.8) is 0 Å². The minimum atomic E-state index is -0.105. The molecule has 2 aromatic carbocycles. The van der Waals surface area contributed by atoms with E-state index < -0.39 is 0 Å². The van der Waals surface area contributed by atoms with Crippen molar-refractivity contribution in [3.05, 3.63) is 59.7 Å². The Morgan fingerprint density at radius 3 is 2.52 bits per heavy atom. The fourth-order valence-corrected chi connectivity index (χ4v) is 3.40. The number of hydrogen-bond donors (Lipinski definition) is 2. The van der Waals surface area contributed by atoms with E-state index in [1.807, 2.05) is 18.2 Å². The monoisotopic (exact) mass is 411 g/mol. The van der Waals surface area contributed by atoms with E-state index in [2.05, 4.69) is 16.3 Å². The van der Waals surface area contributed by atoms with Crippen LogP contribution in [0.15, 0.2) is 48.5 Å². The highest BCUT2D eigenvalue weighted by Gasteiger charge is 2.26. The lowest BCUT2D eigenvalue weighted by molar-refractivity contribution is 0.0937. The number of para-hydroxylation sites is 1. The first-order valence-corrected chi connectivity index (χ1v) is 8.70. The van der Waals surface area contributed by atoms with Crippen LogP contribution in [0.1, 0.15) is 34.8 Å². The van der Waals surface area contributed by atoms with Gasteiger partial charge in [-0.3, -0.25) is 9.69 Å². The van der Waals surface area contributed by atoms with Crippen LogP contribution in [0.5, 0.6) is 5.75 Å². The number of nitrogen functional groups attached to an aromatic ring is 1. The van der Waals surface area contributed by atoms with Gasteiger partial charge in [-0.05, 0) is 50.2 Å². The molecular weight excluding hydrogens is 385 g/mol. The van der Waals surface area contributed by atoms with Gasteiger partial charge in [-0.15, -0.1) is 24.8 Å². The van der Waals surface area contributed by atoms with Gasteiger partial charge in [-0.2, -0.15) is 0 Å². The van der Waals surface area contributed by atoms with Crippen molar-refractivity contribution in [2.24, 2.45) is 0 Å². The fourth-order valence-electron chi connectivity index (χ4n) is 3.40. The van der Waals surface area contributed by atoms with E-state index in [4.69, 9.17) is 10.5 Å². The van der Waals surface area contributed by atoms with Gasteiger partial charge in [0.25, 0.3) is 5.91 Å². The van der Waals surface area contributed by atoms with Crippen molar-refractivity contribution in [1.29, 1.82) is 0 Å². The van der Waals surface area contributed by atoms with E-state index in [0.29, 0.717) is 17.8 Å². The van der Waals surface area contributed by atoms with E-state index >= 15 is 0 Å². The molecule has 3 rings (SSSR count). The molecule has 0 aliphatic carbocycles. The summed E-state index contributed by atoms with van der Waals surface area (Å²) in [7, 11) is 1.69. The first kappa shape index (κ1) is 23.1. The number of carbonyl (C=O) groups excluding carboxylic acids is 1. The van der Waals surface area contributed by atoms with Crippen LogP contribution in [0, 0.1) is 0 Å². The predicted octanol–water partition coefficient (Wildman–Crippen LogP) is 3.69. The zero-order chi connectivity index (χ0) is 17.6. The van der Waals surface area contributed by atoms with Crippen LogP contribution < -0.4 is 15.8 Å². The zero-order valence-electron chi connectivity index (χ0n) is 15.4. The summed E-state index contributed by atoms with van der Waals surface area (Å²) < 4.78 is 5.54. The summed E-state index contributed by atoms with van der Waals surface area (Å²) in [5, 5.41) is 3.06. The van der Waals surface area contributed by atoms with Crippen molar-refractivity contribution in [2.45, 2.75) is 18.9 Å². The topological polar surface area (TPSA) is 67.6 Å². The largest absolute Gasteiger partial charge is 0.496 e. The van der Waals surface area contributed by atoms with Crippen LogP contribution in [-0.2, 0) is 0 Å². The molecule has 1 unspecified atom stereocenters. The van der Waals surface area contributed by atoms with Gasteiger partial charge in [-0.1, -0.05) is 24.3 Å². The number of ether oxygens (including phenoxy) is 1. The Balaban J connectivity index is 0.00000182. The van der Waals surface area contributed by atoms with Gasteiger partial charge in [0.05, 0.1) is 13.2 Å². The minimum absolute atomic E-state index is 0. The van der Waals surface area contributed by atoms with Crippen LogP contribution >= 0.6 is 24.8 Å². The molecule has 1 aliphatic rings. The molecule has 0 radical (unpaired) electrons. The molecule has 148 valence electrons. The maximum atomic E-state index is 12.5. The lowest BCUT2D eigenvalue weighted by atomic mass is 10.0. The number of nitrogens with one attached hydrogen (secondary N) is 1. The molecule has 0 spiro atoms. The van der Waals surface area contributed by atoms with Gasteiger partial charge in [-0.25, -0.2) is 0 Å². The molecular formula is C20H27Cl2N3O2. The van der Waals surface area contributed by atoms with Crippen LogP contribution in [0.3, 0.4) is 0 Å². The summed E-state index contributed by atoms with van der Waals surface area (Å²) >= 11 is 0. The average Bonchev–Trinajstić information content (AvgIpc) is 3.16. The average molecular weight is 412 g/mol. The van der Waals surface area contributed by atoms with Gasteiger partial charge in [0.1, 0.15) is 5.75 Å². The summed E-state index contributed by atoms with van der Waals surface area (Å²) in [5.41, 5.74) is 8.06. The summed E-state index contributed by atoms with van der Waals surface area (Å²) in [6.45, 7) is 2.61. The molecule has 1 amide bonds. The second-order valence-corrected chi connectivity index (χ2v) is 6.34. The molecule has 1 fully saturated rings. The molecule has 1 aliphatic heterocycles. The van der Waals surface area contributed by atoms with Crippen molar-refractivity contribution in [2.75, 3.05) is 32.5 Å². The number of likely N-dealkylation sites (tertiary alicyclic amines) is 1. The second kappa shape index (κ2) is 11.0. The number of nitrogens with two attached hydrogens (primary N) is 1. The van der Waals surface area contributed by atoms with E-state index in [0.717, 1.165) is 24.4 Å². The van der Waals surface area contributed by atoms with Gasteiger partial charge in [0.2, 0.25) is 0 Å². The molecule has 1 atom stereocenters. The van der Waals surface area contributed by atoms with Crippen molar-refractivity contribution >= 4 is 36.4 Å². The molecule has 27 heavy (non-hydrogen) atoms. The highest BCUT2D eigenvalue weighted by atomic mass is 35.5. The number of carbonyl (C=O) groups is 1. The minimum Gasteiger partial charge on any atom is -0.496 e. The maximum absolute atomic E-state index is 12.5. The third-order valence-corrected chi connectivity index (χ3v) is 4.68. The summed E-state index contributed by atoms with van der Waals surface area (Å²) in [6.07, 6.45) is 2.38. The number of anilines is 1. The highest BCUT2D eigenvalue weighted by molar-refractivity contribution is 5.95. The lowest BCUT2D eigenvalue weighted by Gasteiger charge is -2.29. The van der Waals surface area contributed by atoms with Gasteiger partial charge < -0.3 is 15.8 Å². The molecule has 0 bridgehead atoms. The van der Waals surface area contributed by atoms with Crippen molar-refractivity contribution in [3.8, 4) is 5.75 Å². The second-order valence-electron chi connectivity index (χ2n) is 6.34. The number of amides is 1. The number of halogens is 2. The third kappa shape index (κ3) is 5.76. The molecule has 3 N–H and O–H groups in total. The smallest absolute Gasteiger partial charge is 0.251 e. The standard InChI is InChI=1S/C20H25N3O2.2ClH/c1-25-19-10-3-2-9-17(19)18(23-11-4-5-12-23)14-22-20(24)15-7-6-8-16(21)13-15;;/h2-3,6-10,13,18H,4-5,11-12,14,21H2,1H3,(H,22,24);2*1H. The van der Waals surface area contributed by atoms with Crippen LogP contribution in [0.4, 0.5) is 5.69 Å². The Morgan fingerprint density at radius 2 is 1.85 bits per heavy atom. The molecule has 1 heterocycles. The molecule has 1 saturated heterocycles. The van der Waals surface area contributed by atoms with Crippen LogP contribution in [0.2, 0.25) is 0 Å². The summed E-state index contributed by atoms with van der Waals surface area (Å²) in [4.78, 5) is 14.9. The molecule has 7 heteroatoms. The summed E-state index contributed by atoms with van der Waals surface area (Å²) in [6, 6.07) is 15.2. The quantitative estimate of drug-likeness (QED) is 0.711. The normalized spacial score (nSPS) is 14.6. The van der Waals surface area contributed by atoms with E-state index in [-0.39, 0.29) is 36.8 Å². The first-order valence-electron chi connectivity index (χ1n) is 8.70. The lowest BCUT2D eigenvalue weighted by Crippen LogP contribution is -2.37. The van der Waals surface area contributed by atoms with Crippen LogP contribution in [0.25, 0.3) is 0 Å². The van der Waals surface area contributed by atoms with E-state index in [1.165, 1.54) is 12.8 Å². The van der Waals surface area contributed by atoms with Crippen molar-refractivity contribution < 1.29 is 9.53 Å². The Hall–Kier alpha value is -1.95. The Labute approximate surface area is 173 Å². The molecule has 5 nitrogen and oxygen atoms in total. The predicted molar refractivity (Wildman–Crippen MR) is 114 cm³/mol. The number of nitrogens with zero attached hydrogens (tertiary/aromatic N) is 1. The zero-order valence-corrected chi connectivity index (χ0v) is 17.0. The highest BCUT2D eigenvalue weighted by Crippen LogP contribution is 2.31.